The summed E-state index contributed by atoms with van der Waals surface area (Å²) in [5.74, 6) is -0.809. The van der Waals surface area contributed by atoms with Crippen LogP contribution in [0.3, 0.4) is 0 Å². The molecule has 1 amide bonds. The first-order valence-electron chi connectivity index (χ1n) is 7.78. The molecule has 2 aromatic carbocycles. The summed E-state index contributed by atoms with van der Waals surface area (Å²) in [5, 5.41) is 2.45. The third-order valence-electron chi connectivity index (χ3n) is 3.60. The number of sulfonamides is 1. The summed E-state index contributed by atoms with van der Waals surface area (Å²) in [5.41, 5.74) is 0.550. The predicted molar refractivity (Wildman–Crippen MR) is 106 cm³/mol. The van der Waals surface area contributed by atoms with Gasteiger partial charge in [-0.3, -0.25) is 4.79 Å². The molecule has 0 heterocycles. The molecule has 0 unspecified atom stereocenters. The van der Waals surface area contributed by atoms with Gasteiger partial charge in [0.2, 0.25) is 10.0 Å². The van der Waals surface area contributed by atoms with E-state index in [1.807, 2.05) is 0 Å². The Morgan fingerprint density at radius 1 is 1.04 bits per heavy atom. The van der Waals surface area contributed by atoms with Crippen molar-refractivity contribution in [1.29, 1.82) is 0 Å². The highest BCUT2D eigenvalue weighted by Gasteiger charge is 2.23. The number of hydrogen-bond acceptors (Lipinski definition) is 3. The number of hydrogen-bond donors (Lipinski definition) is 1. The van der Waals surface area contributed by atoms with Gasteiger partial charge >= 0.3 is 0 Å². The average Bonchev–Trinajstić information content (AvgIpc) is 2.64. The summed E-state index contributed by atoms with van der Waals surface area (Å²) in [7, 11) is -3.76. The van der Waals surface area contributed by atoms with Crippen LogP contribution in [0.2, 0.25) is 5.02 Å². The molecular formula is C17H16Cl3FN2O3S. The lowest BCUT2D eigenvalue weighted by molar-refractivity contribution is 0.102. The van der Waals surface area contributed by atoms with Gasteiger partial charge in [0.15, 0.2) is 0 Å². The van der Waals surface area contributed by atoms with Gasteiger partial charge in [0.1, 0.15) is 5.82 Å². The van der Waals surface area contributed by atoms with E-state index < -0.39 is 21.7 Å². The fourth-order valence-corrected chi connectivity index (χ4v) is 4.48. The molecule has 0 atom stereocenters. The number of nitrogens with one attached hydrogen (secondary N) is 1. The van der Waals surface area contributed by atoms with Gasteiger partial charge < -0.3 is 5.32 Å². The Hall–Kier alpha value is -1.38. The summed E-state index contributed by atoms with van der Waals surface area (Å²) in [6, 6.07) is 9.21. The van der Waals surface area contributed by atoms with E-state index in [0.29, 0.717) is 5.69 Å². The van der Waals surface area contributed by atoms with Gasteiger partial charge in [-0.15, -0.1) is 23.2 Å². The molecular weight excluding hydrogens is 438 g/mol. The molecule has 5 nitrogen and oxygen atoms in total. The largest absolute Gasteiger partial charge is 0.322 e. The highest BCUT2D eigenvalue weighted by molar-refractivity contribution is 7.89. The smallest absolute Gasteiger partial charge is 0.255 e. The van der Waals surface area contributed by atoms with Crippen LogP contribution < -0.4 is 5.32 Å². The molecule has 0 saturated carbocycles. The zero-order valence-corrected chi connectivity index (χ0v) is 17.0. The number of nitrogens with zero attached hydrogens (tertiary/aromatic N) is 1. The molecule has 0 fully saturated rings. The average molecular weight is 454 g/mol. The first-order chi connectivity index (χ1) is 12.8. The topological polar surface area (TPSA) is 66.5 Å². The van der Waals surface area contributed by atoms with Crippen LogP contribution in [0.4, 0.5) is 10.1 Å². The second kappa shape index (κ2) is 9.71. The lowest BCUT2D eigenvalue weighted by Gasteiger charge is -2.20. The number of anilines is 1. The minimum atomic E-state index is -3.76. The zero-order valence-electron chi connectivity index (χ0n) is 14.0. The maximum absolute atomic E-state index is 13.2. The summed E-state index contributed by atoms with van der Waals surface area (Å²) >= 11 is 17.0. The van der Waals surface area contributed by atoms with Crippen molar-refractivity contribution in [1.82, 2.24) is 4.31 Å². The molecule has 0 spiro atoms. The Labute approximate surface area is 172 Å². The van der Waals surface area contributed by atoms with Crippen molar-refractivity contribution in [3.63, 3.8) is 0 Å². The molecule has 0 radical (unpaired) electrons. The molecule has 0 aliphatic heterocycles. The minimum Gasteiger partial charge on any atom is -0.322 e. The fourth-order valence-electron chi connectivity index (χ4n) is 2.25. The lowest BCUT2D eigenvalue weighted by atomic mass is 10.2. The summed E-state index contributed by atoms with van der Waals surface area (Å²) < 4.78 is 39.6. The number of carbonyl (C=O) groups is 1. The van der Waals surface area contributed by atoms with Gasteiger partial charge in [0.05, 0.1) is 9.92 Å². The zero-order chi connectivity index (χ0) is 20.0. The van der Waals surface area contributed by atoms with Gasteiger partial charge in [0, 0.05) is 36.1 Å². The van der Waals surface area contributed by atoms with Gasteiger partial charge in [-0.25, -0.2) is 12.8 Å². The quantitative estimate of drug-likeness (QED) is 0.609. The van der Waals surface area contributed by atoms with Crippen LogP contribution in [0.15, 0.2) is 47.4 Å². The fraction of sp³-hybridized carbons (Fsp3) is 0.235. The van der Waals surface area contributed by atoms with Gasteiger partial charge in [-0.2, -0.15) is 4.31 Å². The number of benzene rings is 2. The third kappa shape index (κ3) is 5.56. The van der Waals surface area contributed by atoms with E-state index in [1.165, 1.54) is 40.7 Å². The maximum atomic E-state index is 13.2. The van der Waals surface area contributed by atoms with Crippen LogP contribution in [0.1, 0.15) is 10.4 Å². The van der Waals surface area contributed by atoms with Gasteiger partial charge in [0.25, 0.3) is 5.91 Å². The molecule has 1 N–H and O–H groups in total. The monoisotopic (exact) mass is 452 g/mol. The molecule has 0 saturated heterocycles. The second-order valence-corrected chi connectivity index (χ2v) is 8.49. The Bertz CT molecular complexity index is 902. The number of halogens is 4. The highest BCUT2D eigenvalue weighted by atomic mass is 35.5. The summed E-state index contributed by atoms with van der Waals surface area (Å²) in [6.07, 6.45) is 0. The van der Waals surface area contributed by atoms with Gasteiger partial charge in [-0.05, 0) is 42.5 Å². The SMILES string of the molecule is O=C(Nc1ccc(F)c(Cl)c1)c1ccc(S(=O)(=O)N(CCCl)CCCl)cc1. The number of amides is 1. The van der Waals surface area contributed by atoms with Crippen molar-refractivity contribution >= 4 is 56.4 Å². The second-order valence-electron chi connectivity index (χ2n) is 5.39. The first-order valence-corrected chi connectivity index (χ1v) is 10.7. The van der Waals surface area contributed by atoms with E-state index in [4.69, 9.17) is 34.8 Å². The molecule has 146 valence electrons. The summed E-state index contributed by atoms with van der Waals surface area (Å²) in [4.78, 5) is 12.3. The number of carbonyl (C=O) groups excluding carboxylic acids is 1. The van der Waals surface area contributed by atoms with Crippen molar-refractivity contribution in [2.75, 3.05) is 30.2 Å². The van der Waals surface area contributed by atoms with E-state index >= 15 is 0 Å². The molecule has 2 aromatic rings. The van der Waals surface area contributed by atoms with Crippen molar-refractivity contribution in [3.05, 3.63) is 58.9 Å². The summed E-state index contributed by atoms with van der Waals surface area (Å²) in [6.45, 7) is 0.258. The van der Waals surface area contributed by atoms with E-state index in [9.17, 15) is 17.6 Å². The Morgan fingerprint density at radius 2 is 1.63 bits per heavy atom. The highest BCUT2D eigenvalue weighted by Crippen LogP contribution is 2.21. The van der Waals surface area contributed by atoms with E-state index in [0.717, 1.165) is 6.07 Å². The molecule has 0 aromatic heterocycles. The standard InChI is InChI=1S/C17H16Cl3FN2O3S/c18-7-9-23(10-8-19)27(25,26)14-4-1-12(2-5-14)17(24)22-13-3-6-16(21)15(20)11-13/h1-6,11H,7-10H2,(H,22,24). The maximum Gasteiger partial charge on any atom is 0.255 e. The molecule has 10 heteroatoms. The Balaban J connectivity index is 2.17. The molecule has 0 aliphatic carbocycles. The van der Waals surface area contributed by atoms with Crippen LogP contribution >= 0.6 is 34.8 Å². The third-order valence-corrected chi connectivity index (χ3v) is 6.14. The minimum absolute atomic E-state index is 0.0270. The van der Waals surface area contributed by atoms with Crippen molar-refractivity contribution in [2.24, 2.45) is 0 Å². The lowest BCUT2D eigenvalue weighted by Crippen LogP contribution is -2.34. The van der Waals surface area contributed by atoms with E-state index in [-0.39, 0.29) is 40.3 Å². The van der Waals surface area contributed by atoms with E-state index in [2.05, 4.69) is 5.32 Å². The van der Waals surface area contributed by atoms with Crippen molar-refractivity contribution in [3.8, 4) is 0 Å². The number of alkyl halides is 2. The van der Waals surface area contributed by atoms with Crippen LogP contribution in [-0.4, -0.2) is 43.5 Å². The molecule has 2 rings (SSSR count). The number of rotatable bonds is 8. The van der Waals surface area contributed by atoms with Crippen molar-refractivity contribution < 1.29 is 17.6 Å². The predicted octanol–water partition coefficient (Wildman–Crippen LogP) is 4.20. The Morgan fingerprint density at radius 3 is 2.15 bits per heavy atom. The Kier molecular flexibility index (Phi) is 7.88. The van der Waals surface area contributed by atoms with Gasteiger partial charge in [-0.1, -0.05) is 11.6 Å². The first kappa shape index (κ1) is 21.9. The molecule has 0 bridgehead atoms. The van der Waals surface area contributed by atoms with Crippen LogP contribution in [0.25, 0.3) is 0 Å². The van der Waals surface area contributed by atoms with Crippen LogP contribution in [0.5, 0.6) is 0 Å². The normalized spacial score (nSPS) is 11.6. The van der Waals surface area contributed by atoms with Crippen molar-refractivity contribution in [2.45, 2.75) is 4.90 Å². The van der Waals surface area contributed by atoms with Crippen LogP contribution in [0, 0.1) is 5.82 Å². The molecule has 27 heavy (non-hydrogen) atoms. The molecule has 0 aliphatic rings. The van der Waals surface area contributed by atoms with Crippen LogP contribution in [-0.2, 0) is 10.0 Å². The van der Waals surface area contributed by atoms with E-state index in [1.54, 1.807) is 0 Å².